The van der Waals surface area contributed by atoms with Crippen molar-refractivity contribution in [1.82, 2.24) is 10.2 Å². The lowest BCUT2D eigenvalue weighted by atomic mass is 10.1. The van der Waals surface area contributed by atoms with Gasteiger partial charge in [-0.05, 0) is 55.3 Å². The summed E-state index contributed by atoms with van der Waals surface area (Å²) in [6.45, 7) is 3.23. The third-order valence-electron chi connectivity index (χ3n) is 6.13. The predicted octanol–water partition coefficient (Wildman–Crippen LogP) is 4.41. The minimum absolute atomic E-state index is 0.0429. The molecule has 38 heavy (non-hydrogen) atoms. The molecule has 10 heteroatoms. The van der Waals surface area contributed by atoms with Crippen LogP contribution in [0.3, 0.4) is 0 Å². The molecule has 0 bridgehead atoms. The van der Waals surface area contributed by atoms with E-state index < -0.39 is 28.5 Å². The highest BCUT2D eigenvalue weighted by atomic mass is 35.5. The number of carbonyl (C=O) groups is 2. The van der Waals surface area contributed by atoms with Gasteiger partial charge in [0.2, 0.25) is 11.8 Å². The van der Waals surface area contributed by atoms with Crippen molar-refractivity contribution >= 4 is 39.1 Å². The summed E-state index contributed by atoms with van der Waals surface area (Å²) in [4.78, 5) is 28.1. The third-order valence-corrected chi connectivity index (χ3v) is 8.17. The Balaban J connectivity index is 2.07. The predicted molar refractivity (Wildman–Crippen MR) is 149 cm³/mol. The minimum Gasteiger partial charge on any atom is -0.497 e. The highest BCUT2D eigenvalue weighted by Crippen LogP contribution is 2.28. The molecule has 0 aromatic heterocycles. The van der Waals surface area contributed by atoms with Crippen LogP contribution in [0.2, 0.25) is 5.02 Å². The van der Waals surface area contributed by atoms with Crippen LogP contribution >= 0.6 is 11.6 Å². The SMILES string of the molecule is CC[C@H](C(=O)NC)N(Cc1ccc(Cl)cc1)C(=O)CN(c1cccc(OC)c1)S(=O)(=O)c1ccc(C)cc1. The van der Waals surface area contributed by atoms with Crippen molar-refractivity contribution in [3.8, 4) is 5.75 Å². The van der Waals surface area contributed by atoms with Crippen LogP contribution in [0.1, 0.15) is 24.5 Å². The van der Waals surface area contributed by atoms with Gasteiger partial charge in [0.15, 0.2) is 0 Å². The number of carbonyl (C=O) groups excluding carboxylic acids is 2. The van der Waals surface area contributed by atoms with E-state index in [0.717, 1.165) is 15.4 Å². The standard InChI is InChI=1S/C28H32ClN3O5S/c1-5-26(28(34)30-3)31(18-21-11-13-22(29)14-12-21)27(33)19-32(23-7-6-8-24(17-23)37-4)38(35,36)25-15-9-20(2)10-16-25/h6-17,26H,5,18-19H2,1-4H3,(H,30,34)/t26-/m1/s1. The normalized spacial score (nSPS) is 11.9. The number of amides is 2. The second-order valence-corrected chi connectivity index (χ2v) is 11.0. The molecule has 202 valence electrons. The van der Waals surface area contributed by atoms with E-state index in [1.165, 1.54) is 31.2 Å². The van der Waals surface area contributed by atoms with Crippen LogP contribution in [0.5, 0.6) is 5.75 Å². The minimum atomic E-state index is -4.15. The molecule has 0 aliphatic carbocycles. The Bertz CT molecular complexity index is 1360. The number of sulfonamides is 1. The lowest BCUT2D eigenvalue weighted by molar-refractivity contribution is -0.140. The van der Waals surface area contributed by atoms with Gasteiger partial charge in [0.05, 0.1) is 17.7 Å². The molecule has 3 rings (SSSR count). The molecule has 3 aromatic carbocycles. The molecule has 0 spiro atoms. The molecular formula is C28H32ClN3O5S. The van der Waals surface area contributed by atoms with Gasteiger partial charge in [-0.25, -0.2) is 8.42 Å². The van der Waals surface area contributed by atoms with Crippen molar-refractivity contribution in [3.05, 3.63) is 88.9 Å². The highest BCUT2D eigenvalue weighted by molar-refractivity contribution is 7.92. The summed E-state index contributed by atoms with van der Waals surface area (Å²) in [5, 5.41) is 3.15. The average Bonchev–Trinajstić information content (AvgIpc) is 2.92. The fraction of sp³-hybridized carbons (Fsp3) is 0.286. The Morgan fingerprint density at radius 1 is 1.03 bits per heavy atom. The van der Waals surface area contributed by atoms with Crippen LogP contribution in [0, 0.1) is 6.92 Å². The number of ether oxygens (including phenoxy) is 1. The van der Waals surface area contributed by atoms with Gasteiger partial charge in [0, 0.05) is 24.7 Å². The molecule has 0 aliphatic heterocycles. The first-order chi connectivity index (χ1) is 18.1. The van der Waals surface area contributed by atoms with E-state index in [-0.39, 0.29) is 23.0 Å². The molecule has 1 N–H and O–H groups in total. The second kappa shape index (κ2) is 12.8. The van der Waals surface area contributed by atoms with Crippen LogP contribution < -0.4 is 14.4 Å². The first-order valence-corrected chi connectivity index (χ1v) is 13.9. The van der Waals surface area contributed by atoms with Crippen LogP contribution in [0.4, 0.5) is 5.69 Å². The molecule has 3 aromatic rings. The van der Waals surface area contributed by atoms with Crippen LogP contribution in [0.25, 0.3) is 0 Å². The number of nitrogens with zero attached hydrogens (tertiary/aromatic N) is 2. The molecule has 0 saturated carbocycles. The summed E-state index contributed by atoms with van der Waals surface area (Å²) in [6.07, 6.45) is 0.336. The van der Waals surface area contributed by atoms with Crippen LogP contribution in [-0.4, -0.2) is 51.9 Å². The largest absolute Gasteiger partial charge is 0.497 e. The molecule has 0 unspecified atom stereocenters. The van der Waals surface area contributed by atoms with Crippen molar-refractivity contribution in [3.63, 3.8) is 0 Å². The molecule has 2 amide bonds. The fourth-order valence-corrected chi connectivity index (χ4v) is 5.54. The van der Waals surface area contributed by atoms with Crippen molar-refractivity contribution in [1.29, 1.82) is 0 Å². The van der Waals surface area contributed by atoms with Gasteiger partial charge in [-0.15, -0.1) is 0 Å². The number of halogens is 1. The number of anilines is 1. The summed E-state index contributed by atoms with van der Waals surface area (Å²) in [5.41, 5.74) is 1.91. The summed E-state index contributed by atoms with van der Waals surface area (Å²) in [5.74, 6) is -0.438. The molecule has 0 fully saturated rings. The first kappa shape index (κ1) is 29.0. The van der Waals surface area contributed by atoms with E-state index in [4.69, 9.17) is 16.3 Å². The maximum atomic E-state index is 13.9. The number of aryl methyl sites for hydroxylation is 1. The summed E-state index contributed by atoms with van der Waals surface area (Å²) in [6, 6.07) is 19.0. The molecule has 8 nitrogen and oxygen atoms in total. The number of benzene rings is 3. The Labute approximate surface area is 229 Å². The second-order valence-electron chi connectivity index (χ2n) is 8.71. The quantitative estimate of drug-likeness (QED) is 0.377. The number of hydrogen-bond donors (Lipinski definition) is 1. The molecule has 0 aliphatic rings. The summed E-state index contributed by atoms with van der Waals surface area (Å²) < 4.78 is 34.0. The monoisotopic (exact) mass is 557 g/mol. The highest BCUT2D eigenvalue weighted by Gasteiger charge is 2.33. The Kier molecular flexibility index (Phi) is 9.77. The number of methoxy groups -OCH3 is 1. The molecule has 1 atom stereocenters. The van der Waals surface area contributed by atoms with Crippen molar-refractivity contribution < 1.29 is 22.7 Å². The molecule has 0 radical (unpaired) electrons. The van der Waals surface area contributed by atoms with Crippen LogP contribution in [0.15, 0.2) is 77.7 Å². The maximum Gasteiger partial charge on any atom is 0.264 e. The van der Waals surface area contributed by atoms with E-state index >= 15 is 0 Å². The van der Waals surface area contributed by atoms with E-state index in [0.29, 0.717) is 17.2 Å². The lowest BCUT2D eigenvalue weighted by Gasteiger charge is -2.33. The number of nitrogens with one attached hydrogen (secondary N) is 1. The summed E-state index contributed by atoms with van der Waals surface area (Å²) in [7, 11) is -1.17. The van der Waals surface area contributed by atoms with E-state index in [1.54, 1.807) is 67.6 Å². The van der Waals surface area contributed by atoms with Gasteiger partial charge in [0.25, 0.3) is 10.0 Å². The van der Waals surface area contributed by atoms with E-state index in [2.05, 4.69) is 5.32 Å². The number of rotatable bonds is 11. The summed E-state index contributed by atoms with van der Waals surface area (Å²) >= 11 is 6.02. The van der Waals surface area contributed by atoms with Crippen molar-refractivity contribution in [2.45, 2.75) is 37.8 Å². The third kappa shape index (κ3) is 6.85. The van der Waals surface area contributed by atoms with Gasteiger partial charge >= 0.3 is 0 Å². The zero-order valence-corrected chi connectivity index (χ0v) is 23.4. The van der Waals surface area contributed by atoms with Gasteiger partial charge in [0.1, 0.15) is 18.3 Å². The molecule has 0 heterocycles. The van der Waals surface area contributed by atoms with Crippen LogP contribution in [-0.2, 0) is 26.2 Å². The van der Waals surface area contributed by atoms with E-state index in [9.17, 15) is 18.0 Å². The molecular weight excluding hydrogens is 526 g/mol. The van der Waals surface area contributed by atoms with Gasteiger partial charge in [-0.2, -0.15) is 0 Å². The Morgan fingerprint density at radius 3 is 2.26 bits per heavy atom. The topological polar surface area (TPSA) is 96.0 Å². The Hall–Kier alpha value is -3.56. The fourth-order valence-electron chi connectivity index (χ4n) is 4.00. The maximum absolute atomic E-state index is 13.9. The Morgan fingerprint density at radius 2 is 1.68 bits per heavy atom. The van der Waals surface area contributed by atoms with Crippen molar-refractivity contribution in [2.24, 2.45) is 0 Å². The zero-order valence-electron chi connectivity index (χ0n) is 21.8. The average molecular weight is 558 g/mol. The molecule has 0 saturated heterocycles. The van der Waals surface area contributed by atoms with Gasteiger partial charge < -0.3 is 15.0 Å². The zero-order chi connectivity index (χ0) is 27.9. The number of likely N-dealkylation sites (N-methyl/N-ethyl adjacent to an activating group) is 1. The van der Waals surface area contributed by atoms with Crippen molar-refractivity contribution in [2.75, 3.05) is 25.0 Å². The smallest absolute Gasteiger partial charge is 0.264 e. The van der Waals surface area contributed by atoms with Gasteiger partial charge in [-0.1, -0.05) is 54.4 Å². The van der Waals surface area contributed by atoms with Gasteiger partial charge in [-0.3, -0.25) is 13.9 Å². The van der Waals surface area contributed by atoms with E-state index in [1.807, 2.05) is 6.92 Å². The first-order valence-electron chi connectivity index (χ1n) is 12.1. The number of hydrogen-bond acceptors (Lipinski definition) is 5. The lowest BCUT2D eigenvalue weighted by Crippen LogP contribution is -2.51.